The number of rotatable bonds is 5. The Kier molecular flexibility index (Phi) is 4.69. The van der Waals surface area contributed by atoms with Gasteiger partial charge in [0.25, 0.3) is 0 Å². The zero-order valence-corrected chi connectivity index (χ0v) is 12.0. The van der Waals surface area contributed by atoms with Crippen LogP contribution < -0.4 is 10.1 Å². The summed E-state index contributed by atoms with van der Waals surface area (Å²) in [6.07, 6.45) is 3.32. The molecular weight excluding hydrogens is 255 g/mol. The standard InChI is InChI=1S/C16H19FN2O/c1-11(2)19-9-13-6-7-18-10-16(13)20-15-8-12(3)4-5-14(15)17/h4-8,10-11,19H,9H2,1-3H3. The van der Waals surface area contributed by atoms with Crippen LogP contribution in [0, 0.1) is 12.7 Å². The molecule has 0 unspecified atom stereocenters. The summed E-state index contributed by atoms with van der Waals surface area (Å²) in [6.45, 7) is 6.70. The van der Waals surface area contributed by atoms with Crippen molar-refractivity contribution >= 4 is 0 Å². The van der Waals surface area contributed by atoms with Crippen molar-refractivity contribution in [3.8, 4) is 11.5 Å². The van der Waals surface area contributed by atoms with Crippen molar-refractivity contribution in [3.05, 3.63) is 53.6 Å². The summed E-state index contributed by atoms with van der Waals surface area (Å²) in [5.41, 5.74) is 1.90. The number of hydrogen-bond acceptors (Lipinski definition) is 3. The molecule has 4 heteroatoms. The van der Waals surface area contributed by atoms with Crippen LogP contribution in [0.1, 0.15) is 25.0 Å². The molecule has 1 N–H and O–H groups in total. The molecule has 0 bridgehead atoms. The van der Waals surface area contributed by atoms with E-state index in [4.69, 9.17) is 4.74 Å². The molecule has 0 aliphatic carbocycles. The topological polar surface area (TPSA) is 34.1 Å². The first-order chi connectivity index (χ1) is 9.56. The van der Waals surface area contributed by atoms with Gasteiger partial charge in [-0.1, -0.05) is 19.9 Å². The van der Waals surface area contributed by atoms with Crippen LogP contribution in [0.4, 0.5) is 4.39 Å². The Morgan fingerprint density at radius 1 is 1.25 bits per heavy atom. The van der Waals surface area contributed by atoms with Gasteiger partial charge in [0.1, 0.15) is 5.75 Å². The predicted molar refractivity (Wildman–Crippen MR) is 77.4 cm³/mol. The molecule has 0 saturated carbocycles. The van der Waals surface area contributed by atoms with E-state index >= 15 is 0 Å². The number of ether oxygens (including phenoxy) is 1. The first-order valence-corrected chi connectivity index (χ1v) is 6.66. The van der Waals surface area contributed by atoms with Gasteiger partial charge in [-0.3, -0.25) is 4.98 Å². The minimum absolute atomic E-state index is 0.226. The zero-order valence-electron chi connectivity index (χ0n) is 12.0. The molecule has 0 saturated heterocycles. The third-order valence-electron chi connectivity index (χ3n) is 2.88. The number of halogens is 1. The highest BCUT2D eigenvalue weighted by atomic mass is 19.1. The lowest BCUT2D eigenvalue weighted by Crippen LogP contribution is -2.22. The van der Waals surface area contributed by atoms with Gasteiger partial charge in [-0.05, 0) is 30.7 Å². The lowest BCUT2D eigenvalue weighted by atomic mass is 10.2. The van der Waals surface area contributed by atoms with Crippen molar-refractivity contribution in [1.29, 1.82) is 0 Å². The van der Waals surface area contributed by atoms with Gasteiger partial charge in [-0.15, -0.1) is 0 Å². The van der Waals surface area contributed by atoms with Gasteiger partial charge in [0, 0.05) is 24.3 Å². The molecule has 0 atom stereocenters. The average molecular weight is 274 g/mol. The monoisotopic (exact) mass is 274 g/mol. The van der Waals surface area contributed by atoms with Gasteiger partial charge in [-0.25, -0.2) is 4.39 Å². The van der Waals surface area contributed by atoms with Crippen LogP contribution in [0.2, 0.25) is 0 Å². The number of nitrogens with one attached hydrogen (secondary N) is 1. The summed E-state index contributed by atoms with van der Waals surface area (Å²) >= 11 is 0. The minimum Gasteiger partial charge on any atom is -0.452 e. The van der Waals surface area contributed by atoms with Crippen LogP contribution in [-0.4, -0.2) is 11.0 Å². The molecule has 1 heterocycles. The largest absolute Gasteiger partial charge is 0.452 e. The minimum atomic E-state index is -0.373. The van der Waals surface area contributed by atoms with Crippen molar-refractivity contribution in [1.82, 2.24) is 10.3 Å². The third kappa shape index (κ3) is 3.78. The number of pyridine rings is 1. The lowest BCUT2D eigenvalue weighted by Gasteiger charge is -2.13. The molecule has 2 aromatic rings. The van der Waals surface area contributed by atoms with E-state index in [0.717, 1.165) is 11.1 Å². The molecule has 3 nitrogen and oxygen atoms in total. The summed E-state index contributed by atoms with van der Waals surface area (Å²) < 4.78 is 19.4. The van der Waals surface area contributed by atoms with Crippen molar-refractivity contribution < 1.29 is 9.13 Å². The van der Waals surface area contributed by atoms with E-state index in [9.17, 15) is 4.39 Å². The molecule has 0 radical (unpaired) electrons. The van der Waals surface area contributed by atoms with Crippen molar-refractivity contribution in [2.45, 2.75) is 33.4 Å². The molecule has 1 aromatic heterocycles. The second-order valence-corrected chi connectivity index (χ2v) is 5.05. The summed E-state index contributed by atoms with van der Waals surface area (Å²) in [5.74, 6) is 0.427. The third-order valence-corrected chi connectivity index (χ3v) is 2.88. The SMILES string of the molecule is Cc1ccc(F)c(Oc2cnccc2CNC(C)C)c1. The summed E-state index contributed by atoms with van der Waals surface area (Å²) in [6, 6.07) is 7.05. The number of benzene rings is 1. The van der Waals surface area contributed by atoms with Crippen LogP contribution in [0.3, 0.4) is 0 Å². The van der Waals surface area contributed by atoms with Gasteiger partial charge in [0.2, 0.25) is 0 Å². The molecule has 0 fully saturated rings. The zero-order chi connectivity index (χ0) is 14.5. The Labute approximate surface area is 118 Å². The first-order valence-electron chi connectivity index (χ1n) is 6.66. The molecule has 20 heavy (non-hydrogen) atoms. The fourth-order valence-electron chi connectivity index (χ4n) is 1.77. The second kappa shape index (κ2) is 6.48. The van der Waals surface area contributed by atoms with E-state index < -0.39 is 0 Å². The van der Waals surface area contributed by atoms with Crippen molar-refractivity contribution in [2.24, 2.45) is 0 Å². The summed E-state index contributed by atoms with van der Waals surface area (Å²) in [4.78, 5) is 4.05. The van der Waals surface area contributed by atoms with Gasteiger partial charge in [0.05, 0.1) is 6.20 Å². The van der Waals surface area contributed by atoms with E-state index in [1.165, 1.54) is 6.07 Å². The van der Waals surface area contributed by atoms with Gasteiger partial charge >= 0.3 is 0 Å². The average Bonchev–Trinajstić information content (AvgIpc) is 2.42. The maximum Gasteiger partial charge on any atom is 0.165 e. The first kappa shape index (κ1) is 14.5. The van der Waals surface area contributed by atoms with Gasteiger partial charge in [-0.2, -0.15) is 0 Å². The molecule has 1 aromatic carbocycles. The number of nitrogens with zero attached hydrogens (tertiary/aromatic N) is 1. The van der Waals surface area contributed by atoms with Gasteiger partial charge in [0.15, 0.2) is 11.6 Å². The Morgan fingerprint density at radius 2 is 2.05 bits per heavy atom. The van der Waals surface area contributed by atoms with Crippen molar-refractivity contribution in [3.63, 3.8) is 0 Å². The Morgan fingerprint density at radius 3 is 2.80 bits per heavy atom. The molecule has 0 aliphatic heterocycles. The molecule has 106 valence electrons. The van der Waals surface area contributed by atoms with E-state index in [0.29, 0.717) is 18.3 Å². The molecule has 2 rings (SSSR count). The van der Waals surface area contributed by atoms with E-state index in [1.54, 1.807) is 24.5 Å². The van der Waals surface area contributed by atoms with Crippen LogP contribution in [0.25, 0.3) is 0 Å². The molecule has 0 aliphatic rings. The summed E-state index contributed by atoms with van der Waals surface area (Å²) in [5, 5.41) is 3.31. The summed E-state index contributed by atoms with van der Waals surface area (Å²) in [7, 11) is 0. The molecule has 0 spiro atoms. The maximum absolute atomic E-state index is 13.7. The number of aromatic nitrogens is 1. The molecule has 0 amide bonds. The second-order valence-electron chi connectivity index (χ2n) is 5.05. The van der Waals surface area contributed by atoms with Crippen LogP contribution >= 0.6 is 0 Å². The Bertz CT molecular complexity index is 584. The predicted octanol–water partition coefficient (Wildman–Crippen LogP) is 3.82. The Balaban J connectivity index is 2.22. The highest BCUT2D eigenvalue weighted by Crippen LogP contribution is 2.27. The fraction of sp³-hybridized carbons (Fsp3) is 0.312. The Hall–Kier alpha value is -1.94. The highest BCUT2D eigenvalue weighted by molar-refractivity contribution is 5.37. The van der Waals surface area contributed by atoms with Crippen molar-refractivity contribution in [2.75, 3.05) is 0 Å². The maximum atomic E-state index is 13.7. The number of aryl methyl sites for hydroxylation is 1. The number of hydrogen-bond donors (Lipinski definition) is 1. The quantitative estimate of drug-likeness (QED) is 0.900. The lowest BCUT2D eigenvalue weighted by molar-refractivity contribution is 0.432. The normalized spacial score (nSPS) is 10.8. The van der Waals surface area contributed by atoms with E-state index in [1.807, 2.05) is 13.0 Å². The fourth-order valence-corrected chi connectivity index (χ4v) is 1.77. The highest BCUT2D eigenvalue weighted by Gasteiger charge is 2.09. The van der Waals surface area contributed by atoms with E-state index in [-0.39, 0.29) is 11.6 Å². The van der Waals surface area contributed by atoms with Gasteiger partial charge < -0.3 is 10.1 Å². The molecular formula is C16H19FN2O. The van der Waals surface area contributed by atoms with Crippen LogP contribution in [-0.2, 0) is 6.54 Å². The van der Waals surface area contributed by atoms with Crippen LogP contribution in [0.5, 0.6) is 11.5 Å². The smallest absolute Gasteiger partial charge is 0.165 e. The van der Waals surface area contributed by atoms with E-state index in [2.05, 4.69) is 24.1 Å². The van der Waals surface area contributed by atoms with Crippen LogP contribution in [0.15, 0.2) is 36.7 Å².